The first-order valence-electron chi connectivity index (χ1n) is 5.97. The van der Waals surface area contributed by atoms with Crippen molar-refractivity contribution >= 4 is 43.2 Å². The highest BCUT2D eigenvalue weighted by molar-refractivity contribution is 9.13. The number of nitrogens with two attached hydrogens (primary N) is 1. The van der Waals surface area contributed by atoms with Crippen LogP contribution in [0.25, 0.3) is 0 Å². The molecule has 1 atom stereocenters. The van der Waals surface area contributed by atoms with Crippen molar-refractivity contribution in [3.05, 3.63) is 54.1 Å². The van der Waals surface area contributed by atoms with Crippen LogP contribution in [0.15, 0.2) is 32.5 Å². The van der Waals surface area contributed by atoms with Gasteiger partial charge in [-0.25, -0.2) is 0 Å². The SMILES string of the molecule is NC(c1ccc2c(c1)CCC2)c1cc(Br)c(Br)s1. The molecule has 1 nitrogen and oxygen atoms in total. The summed E-state index contributed by atoms with van der Waals surface area (Å²) in [5, 5.41) is 0. The van der Waals surface area contributed by atoms with E-state index in [1.165, 1.54) is 40.8 Å². The molecule has 1 aliphatic carbocycles. The van der Waals surface area contributed by atoms with E-state index in [-0.39, 0.29) is 6.04 Å². The molecule has 0 saturated carbocycles. The van der Waals surface area contributed by atoms with E-state index in [1.807, 2.05) is 0 Å². The van der Waals surface area contributed by atoms with E-state index in [2.05, 4.69) is 56.1 Å². The zero-order valence-electron chi connectivity index (χ0n) is 9.75. The summed E-state index contributed by atoms with van der Waals surface area (Å²) in [6.45, 7) is 0. The lowest BCUT2D eigenvalue weighted by molar-refractivity contribution is 0.886. The van der Waals surface area contributed by atoms with E-state index in [9.17, 15) is 0 Å². The van der Waals surface area contributed by atoms with Gasteiger partial charge in [0, 0.05) is 9.35 Å². The molecule has 0 saturated heterocycles. The summed E-state index contributed by atoms with van der Waals surface area (Å²) in [5.74, 6) is 0. The van der Waals surface area contributed by atoms with Crippen LogP contribution in [0.4, 0.5) is 0 Å². The van der Waals surface area contributed by atoms with Gasteiger partial charge in [0.05, 0.1) is 9.83 Å². The highest BCUT2D eigenvalue weighted by Gasteiger charge is 2.17. The largest absolute Gasteiger partial charge is 0.320 e. The van der Waals surface area contributed by atoms with Crippen LogP contribution in [0.5, 0.6) is 0 Å². The predicted octanol–water partition coefficient (Wildman–Crippen LogP) is 4.81. The molecule has 0 amide bonds. The summed E-state index contributed by atoms with van der Waals surface area (Å²) < 4.78 is 2.19. The molecule has 0 aliphatic heterocycles. The number of halogens is 2. The number of aryl methyl sites for hydroxylation is 2. The van der Waals surface area contributed by atoms with E-state index >= 15 is 0 Å². The molecule has 4 heteroatoms. The fourth-order valence-electron chi connectivity index (χ4n) is 2.47. The van der Waals surface area contributed by atoms with E-state index in [0.717, 1.165) is 8.26 Å². The van der Waals surface area contributed by atoms with Gasteiger partial charge in [0.1, 0.15) is 0 Å². The molecule has 1 unspecified atom stereocenters. The molecular formula is C14H13Br2NS. The van der Waals surface area contributed by atoms with Crippen LogP contribution in [0.1, 0.15) is 34.0 Å². The third kappa shape index (κ3) is 2.31. The van der Waals surface area contributed by atoms with Crippen LogP contribution in [-0.4, -0.2) is 0 Å². The molecule has 2 N–H and O–H groups in total. The van der Waals surface area contributed by atoms with Crippen molar-refractivity contribution < 1.29 is 0 Å². The molecule has 1 heterocycles. The van der Waals surface area contributed by atoms with Crippen molar-refractivity contribution in [3.8, 4) is 0 Å². The quantitative estimate of drug-likeness (QED) is 0.787. The molecule has 0 fully saturated rings. The maximum atomic E-state index is 6.36. The fourth-order valence-corrected chi connectivity index (χ4v) is 4.59. The lowest BCUT2D eigenvalue weighted by Crippen LogP contribution is -2.10. The first kappa shape index (κ1) is 12.9. The molecule has 1 aliphatic rings. The standard InChI is InChI=1S/C14H13Br2NS/c15-11-7-12(18-14(11)16)13(17)10-5-4-8-2-1-3-9(8)6-10/h4-7,13H,1-3,17H2. The summed E-state index contributed by atoms with van der Waals surface area (Å²) in [6, 6.07) is 8.79. The first-order valence-corrected chi connectivity index (χ1v) is 8.37. The topological polar surface area (TPSA) is 26.0 Å². The molecule has 18 heavy (non-hydrogen) atoms. The molecule has 3 rings (SSSR count). The number of benzene rings is 1. The van der Waals surface area contributed by atoms with Gasteiger partial charge in [-0.15, -0.1) is 11.3 Å². The summed E-state index contributed by atoms with van der Waals surface area (Å²) in [5.41, 5.74) is 10.6. The highest BCUT2D eigenvalue weighted by atomic mass is 79.9. The summed E-state index contributed by atoms with van der Waals surface area (Å²) in [6.07, 6.45) is 3.71. The molecule has 1 aromatic carbocycles. The molecule has 2 aromatic rings. The third-order valence-electron chi connectivity index (χ3n) is 3.45. The zero-order valence-corrected chi connectivity index (χ0v) is 13.7. The van der Waals surface area contributed by atoms with Crippen LogP contribution >= 0.6 is 43.2 Å². The van der Waals surface area contributed by atoms with Crippen molar-refractivity contribution in [2.45, 2.75) is 25.3 Å². The Morgan fingerprint density at radius 3 is 2.61 bits per heavy atom. The Morgan fingerprint density at radius 1 is 1.11 bits per heavy atom. The van der Waals surface area contributed by atoms with Crippen LogP contribution in [0, 0.1) is 0 Å². The molecule has 0 spiro atoms. The Morgan fingerprint density at radius 2 is 1.89 bits per heavy atom. The van der Waals surface area contributed by atoms with Crippen molar-refractivity contribution in [1.29, 1.82) is 0 Å². The average Bonchev–Trinajstić information content (AvgIpc) is 2.95. The van der Waals surface area contributed by atoms with Gasteiger partial charge in [0.25, 0.3) is 0 Å². The van der Waals surface area contributed by atoms with Gasteiger partial charge in [0.2, 0.25) is 0 Å². The van der Waals surface area contributed by atoms with Gasteiger partial charge in [-0.1, -0.05) is 18.2 Å². The van der Waals surface area contributed by atoms with E-state index < -0.39 is 0 Å². The number of hydrogen-bond acceptors (Lipinski definition) is 2. The minimum absolute atomic E-state index is 0.0245. The smallest absolute Gasteiger partial charge is 0.0843 e. The lowest BCUT2D eigenvalue weighted by Gasteiger charge is -2.11. The van der Waals surface area contributed by atoms with Gasteiger partial charge in [-0.05, 0) is 73.9 Å². The Balaban J connectivity index is 1.94. The number of hydrogen-bond donors (Lipinski definition) is 1. The molecule has 1 aromatic heterocycles. The number of rotatable bonds is 2. The monoisotopic (exact) mass is 385 g/mol. The van der Waals surface area contributed by atoms with E-state index in [4.69, 9.17) is 5.73 Å². The predicted molar refractivity (Wildman–Crippen MR) is 84.2 cm³/mol. The Labute approximate surface area is 128 Å². The second-order valence-electron chi connectivity index (χ2n) is 4.63. The van der Waals surface area contributed by atoms with Gasteiger partial charge in [0.15, 0.2) is 0 Å². The van der Waals surface area contributed by atoms with Crippen LogP contribution in [-0.2, 0) is 12.8 Å². The van der Waals surface area contributed by atoms with E-state index in [1.54, 1.807) is 11.3 Å². The Hall–Kier alpha value is -0.160. The van der Waals surface area contributed by atoms with Crippen molar-refractivity contribution in [2.24, 2.45) is 5.73 Å². The van der Waals surface area contributed by atoms with Crippen LogP contribution in [0.3, 0.4) is 0 Å². The summed E-state index contributed by atoms with van der Waals surface area (Å²) >= 11 is 8.73. The minimum Gasteiger partial charge on any atom is -0.320 e. The zero-order chi connectivity index (χ0) is 12.7. The maximum Gasteiger partial charge on any atom is 0.0843 e. The third-order valence-corrected chi connectivity index (χ3v) is 6.79. The fraction of sp³-hybridized carbons (Fsp3) is 0.286. The van der Waals surface area contributed by atoms with E-state index in [0.29, 0.717) is 0 Å². The molecule has 0 bridgehead atoms. The molecule has 0 radical (unpaired) electrons. The summed E-state index contributed by atoms with van der Waals surface area (Å²) in [4.78, 5) is 1.19. The average molecular weight is 387 g/mol. The normalized spacial score (nSPS) is 15.7. The van der Waals surface area contributed by atoms with Crippen molar-refractivity contribution in [2.75, 3.05) is 0 Å². The van der Waals surface area contributed by atoms with Gasteiger partial charge in [-0.2, -0.15) is 0 Å². The van der Waals surface area contributed by atoms with Crippen LogP contribution in [0.2, 0.25) is 0 Å². The summed E-state index contributed by atoms with van der Waals surface area (Å²) in [7, 11) is 0. The first-order chi connectivity index (χ1) is 8.65. The lowest BCUT2D eigenvalue weighted by atomic mass is 10.0. The second-order valence-corrected chi connectivity index (χ2v) is 7.89. The molecule has 94 valence electrons. The number of fused-ring (bicyclic) bond motifs is 1. The maximum absolute atomic E-state index is 6.36. The van der Waals surface area contributed by atoms with Crippen LogP contribution < -0.4 is 5.73 Å². The van der Waals surface area contributed by atoms with Gasteiger partial charge >= 0.3 is 0 Å². The second kappa shape index (κ2) is 5.08. The van der Waals surface area contributed by atoms with Crippen molar-refractivity contribution in [3.63, 3.8) is 0 Å². The van der Waals surface area contributed by atoms with Gasteiger partial charge in [-0.3, -0.25) is 0 Å². The van der Waals surface area contributed by atoms with Gasteiger partial charge < -0.3 is 5.73 Å². The van der Waals surface area contributed by atoms with Crippen molar-refractivity contribution in [1.82, 2.24) is 0 Å². The highest BCUT2D eigenvalue weighted by Crippen LogP contribution is 2.37. The number of thiophene rings is 1. The molecular weight excluding hydrogens is 374 g/mol. The Kier molecular flexibility index (Phi) is 3.63. The minimum atomic E-state index is -0.0245. The Bertz CT molecular complexity index is 572.